The summed E-state index contributed by atoms with van der Waals surface area (Å²) >= 11 is 1.72. The van der Waals surface area contributed by atoms with E-state index in [4.69, 9.17) is 9.47 Å². The fraction of sp³-hybridized carbons (Fsp3) is 0.478. The van der Waals surface area contributed by atoms with Crippen LogP contribution in [0, 0.1) is 5.92 Å². The second kappa shape index (κ2) is 9.98. The molecule has 1 aliphatic rings. The van der Waals surface area contributed by atoms with Gasteiger partial charge in [0.15, 0.2) is 11.5 Å². The molecule has 0 spiro atoms. The highest BCUT2D eigenvalue weighted by atomic mass is 32.1. The van der Waals surface area contributed by atoms with E-state index < -0.39 is 0 Å². The van der Waals surface area contributed by atoms with Crippen LogP contribution in [-0.2, 0) is 16.0 Å². The number of ether oxygens (including phenoxy) is 2. The number of benzene rings is 1. The predicted molar refractivity (Wildman–Crippen MR) is 118 cm³/mol. The Morgan fingerprint density at radius 2 is 1.97 bits per heavy atom. The summed E-state index contributed by atoms with van der Waals surface area (Å²) in [6, 6.07) is 9.39. The van der Waals surface area contributed by atoms with Crippen molar-refractivity contribution in [3.05, 3.63) is 46.2 Å². The molecule has 0 saturated carbocycles. The molecule has 0 N–H and O–H groups in total. The molecular formula is C23H30N2O4S. The van der Waals surface area contributed by atoms with E-state index in [1.807, 2.05) is 43.0 Å². The molecule has 162 valence electrons. The van der Waals surface area contributed by atoms with Crippen molar-refractivity contribution >= 4 is 23.2 Å². The summed E-state index contributed by atoms with van der Waals surface area (Å²) in [5.41, 5.74) is 1.13. The average molecular weight is 431 g/mol. The second-order valence-corrected chi connectivity index (χ2v) is 8.91. The Labute approximate surface area is 182 Å². The number of thiophene rings is 1. The van der Waals surface area contributed by atoms with Crippen molar-refractivity contribution in [1.82, 2.24) is 9.80 Å². The topological polar surface area (TPSA) is 59.1 Å². The van der Waals surface area contributed by atoms with Crippen LogP contribution in [0.15, 0.2) is 35.7 Å². The number of para-hydroxylation sites is 2. The number of nitrogens with zero attached hydrogens (tertiary/aromatic N) is 2. The van der Waals surface area contributed by atoms with Crippen molar-refractivity contribution in [2.45, 2.75) is 33.2 Å². The third-order valence-corrected chi connectivity index (χ3v) is 6.23. The van der Waals surface area contributed by atoms with Gasteiger partial charge < -0.3 is 19.3 Å². The first-order valence-corrected chi connectivity index (χ1v) is 11.2. The van der Waals surface area contributed by atoms with Gasteiger partial charge in [-0.25, -0.2) is 0 Å². The van der Waals surface area contributed by atoms with Crippen LogP contribution in [0.2, 0.25) is 0 Å². The van der Waals surface area contributed by atoms with E-state index in [1.165, 1.54) is 11.8 Å². The summed E-state index contributed by atoms with van der Waals surface area (Å²) in [6.45, 7) is 7.23. The summed E-state index contributed by atoms with van der Waals surface area (Å²) in [5.74, 6) is 1.50. The first-order valence-electron chi connectivity index (χ1n) is 10.3. The van der Waals surface area contributed by atoms with E-state index >= 15 is 0 Å². The van der Waals surface area contributed by atoms with E-state index in [0.29, 0.717) is 37.1 Å². The molecule has 0 saturated heterocycles. The zero-order chi connectivity index (χ0) is 21.7. The van der Waals surface area contributed by atoms with Crippen molar-refractivity contribution in [1.29, 1.82) is 0 Å². The summed E-state index contributed by atoms with van der Waals surface area (Å²) < 4.78 is 11.5. The van der Waals surface area contributed by atoms with Crippen LogP contribution < -0.4 is 9.47 Å². The van der Waals surface area contributed by atoms with Gasteiger partial charge in [-0.1, -0.05) is 26.0 Å². The van der Waals surface area contributed by atoms with E-state index in [2.05, 4.69) is 11.4 Å². The van der Waals surface area contributed by atoms with E-state index in [1.54, 1.807) is 23.3 Å². The number of hydrogen-bond acceptors (Lipinski definition) is 5. The molecule has 1 aromatic heterocycles. The molecule has 0 aliphatic carbocycles. The largest absolute Gasteiger partial charge is 0.493 e. The monoisotopic (exact) mass is 430 g/mol. The molecule has 0 fully saturated rings. The van der Waals surface area contributed by atoms with Crippen LogP contribution in [0.1, 0.15) is 37.3 Å². The zero-order valence-corrected chi connectivity index (χ0v) is 18.9. The molecule has 2 heterocycles. The molecule has 6 nitrogen and oxygen atoms in total. The highest BCUT2D eigenvalue weighted by molar-refractivity contribution is 7.10. The molecule has 0 bridgehead atoms. The molecule has 2 aromatic rings. The van der Waals surface area contributed by atoms with Crippen molar-refractivity contribution in [3.8, 4) is 11.5 Å². The van der Waals surface area contributed by atoms with Crippen LogP contribution in [0.4, 0.5) is 0 Å². The van der Waals surface area contributed by atoms with Crippen molar-refractivity contribution in [3.63, 3.8) is 0 Å². The first-order chi connectivity index (χ1) is 14.4. The van der Waals surface area contributed by atoms with Gasteiger partial charge in [0.1, 0.15) is 6.61 Å². The van der Waals surface area contributed by atoms with Gasteiger partial charge in [0.2, 0.25) is 11.8 Å². The smallest absolute Gasteiger partial charge is 0.242 e. The molecule has 0 unspecified atom stereocenters. The van der Waals surface area contributed by atoms with Crippen LogP contribution in [0.3, 0.4) is 0 Å². The molecular weight excluding hydrogens is 400 g/mol. The maximum atomic E-state index is 13.2. The van der Waals surface area contributed by atoms with Gasteiger partial charge in [-0.2, -0.15) is 0 Å². The Balaban J connectivity index is 1.78. The number of methoxy groups -OCH3 is 1. The Bertz CT molecular complexity index is 880. The maximum Gasteiger partial charge on any atom is 0.242 e. The minimum absolute atomic E-state index is 0.0451. The Morgan fingerprint density at radius 3 is 2.63 bits per heavy atom. The summed E-state index contributed by atoms with van der Waals surface area (Å²) in [4.78, 5) is 30.0. The van der Waals surface area contributed by atoms with Crippen molar-refractivity contribution in [2.75, 3.05) is 33.4 Å². The Hall–Kier alpha value is -2.54. The zero-order valence-electron chi connectivity index (χ0n) is 18.1. The summed E-state index contributed by atoms with van der Waals surface area (Å²) in [7, 11) is 1.61. The van der Waals surface area contributed by atoms with Gasteiger partial charge in [0.05, 0.1) is 19.7 Å². The van der Waals surface area contributed by atoms with Gasteiger partial charge >= 0.3 is 0 Å². The molecule has 1 aromatic carbocycles. The van der Waals surface area contributed by atoms with Crippen LogP contribution in [0.5, 0.6) is 11.5 Å². The third-order valence-electron chi connectivity index (χ3n) is 5.24. The Morgan fingerprint density at radius 1 is 1.23 bits per heavy atom. The lowest BCUT2D eigenvalue weighted by Crippen LogP contribution is -2.48. The lowest BCUT2D eigenvalue weighted by molar-refractivity contribution is -0.142. The first kappa shape index (κ1) is 22.2. The molecule has 3 rings (SSSR count). The molecule has 1 aliphatic heterocycles. The quantitative estimate of drug-likeness (QED) is 0.640. The summed E-state index contributed by atoms with van der Waals surface area (Å²) in [6.07, 6.45) is 0.828. The van der Waals surface area contributed by atoms with Crippen LogP contribution in [-0.4, -0.2) is 55.0 Å². The number of carbonyl (C=O) groups excluding carboxylic acids is 2. The number of amides is 2. The van der Waals surface area contributed by atoms with Gasteiger partial charge in [-0.15, -0.1) is 11.3 Å². The van der Waals surface area contributed by atoms with E-state index in [0.717, 1.165) is 12.0 Å². The average Bonchev–Trinajstić information content (AvgIpc) is 3.20. The molecule has 30 heavy (non-hydrogen) atoms. The lowest BCUT2D eigenvalue weighted by Gasteiger charge is -2.37. The maximum absolute atomic E-state index is 13.2. The van der Waals surface area contributed by atoms with Crippen LogP contribution in [0.25, 0.3) is 0 Å². The number of hydrogen-bond donors (Lipinski definition) is 0. The predicted octanol–water partition coefficient (Wildman–Crippen LogP) is 3.77. The fourth-order valence-electron chi connectivity index (χ4n) is 3.78. The highest BCUT2D eigenvalue weighted by Gasteiger charge is 2.33. The van der Waals surface area contributed by atoms with Gasteiger partial charge in [-0.3, -0.25) is 9.59 Å². The molecule has 1 atom stereocenters. The minimum atomic E-state index is -0.190. The van der Waals surface area contributed by atoms with Crippen molar-refractivity contribution < 1.29 is 19.1 Å². The number of rotatable bonds is 8. The van der Waals surface area contributed by atoms with E-state index in [9.17, 15) is 9.59 Å². The van der Waals surface area contributed by atoms with Gasteiger partial charge in [-0.05, 0) is 41.5 Å². The van der Waals surface area contributed by atoms with Crippen LogP contribution >= 0.6 is 11.3 Å². The molecule has 7 heteroatoms. The summed E-state index contributed by atoms with van der Waals surface area (Å²) in [5, 5.41) is 2.06. The van der Waals surface area contributed by atoms with Gasteiger partial charge in [0.25, 0.3) is 0 Å². The second-order valence-electron chi connectivity index (χ2n) is 7.91. The lowest BCUT2D eigenvalue weighted by atomic mass is 10.0. The number of fused-ring (bicyclic) bond motifs is 1. The minimum Gasteiger partial charge on any atom is -0.493 e. The van der Waals surface area contributed by atoms with Crippen molar-refractivity contribution in [2.24, 2.45) is 5.92 Å². The fourth-order valence-corrected chi connectivity index (χ4v) is 4.71. The normalized spacial score (nSPS) is 15.6. The molecule has 2 amide bonds. The van der Waals surface area contributed by atoms with E-state index in [-0.39, 0.29) is 24.4 Å². The standard InChI is InChI=1S/C23H30N2O4S/c1-16(2)13-24(17(3)26)14-23(27)25-11-9-22-18(10-12-30-22)19(25)15-29-21-8-6-5-7-20(21)28-4/h5-8,10,12,16,19H,9,11,13-15H2,1-4H3/t19-/m0/s1. The SMILES string of the molecule is COc1ccccc1OC[C@H]1c2ccsc2CCN1C(=O)CN(CC(C)C)C(C)=O. The number of carbonyl (C=O) groups is 2. The Kier molecular flexibility index (Phi) is 7.37. The highest BCUT2D eigenvalue weighted by Crippen LogP contribution is 2.35. The molecule has 0 radical (unpaired) electrons. The third kappa shape index (κ3) is 5.14. The van der Waals surface area contributed by atoms with Gasteiger partial charge in [0, 0.05) is 24.9 Å².